The van der Waals surface area contributed by atoms with Crippen LogP contribution in [0.5, 0.6) is 5.75 Å². The third-order valence-electron chi connectivity index (χ3n) is 4.49. The fourth-order valence-electron chi connectivity index (χ4n) is 2.95. The van der Waals surface area contributed by atoms with Gasteiger partial charge in [0.05, 0.1) is 26.3 Å². The van der Waals surface area contributed by atoms with Crippen LogP contribution < -0.4 is 9.64 Å². The van der Waals surface area contributed by atoms with Crippen molar-refractivity contribution in [3.8, 4) is 5.75 Å². The highest BCUT2D eigenvalue weighted by molar-refractivity contribution is 6.32. The average Bonchev–Trinajstić information content (AvgIpc) is 2.50. The molecule has 0 amide bonds. The molecule has 22 heavy (non-hydrogen) atoms. The fraction of sp³-hybridized carbons (Fsp3) is 0.667. The van der Waals surface area contributed by atoms with Crippen LogP contribution in [0.4, 0.5) is 0 Å². The maximum atomic E-state index is 6.15. The minimum absolute atomic E-state index is 0.590. The number of halogens is 1. The van der Waals surface area contributed by atoms with E-state index < -0.39 is 0 Å². The van der Waals surface area contributed by atoms with E-state index in [-0.39, 0.29) is 0 Å². The number of quaternary nitrogens is 1. The lowest BCUT2D eigenvalue weighted by Gasteiger charge is -2.27. The second-order valence-corrected chi connectivity index (χ2v) is 6.89. The lowest BCUT2D eigenvalue weighted by atomic mass is 9.99. The predicted molar refractivity (Wildman–Crippen MR) is 91.2 cm³/mol. The van der Waals surface area contributed by atoms with E-state index in [0.29, 0.717) is 13.2 Å². The topological polar surface area (TPSA) is 22.9 Å². The molecule has 1 aliphatic rings. The molecule has 1 aliphatic heterocycles. The normalized spacial score (nSPS) is 21.8. The van der Waals surface area contributed by atoms with Gasteiger partial charge in [0.2, 0.25) is 0 Å². The van der Waals surface area contributed by atoms with Gasteiger partial charge in [-0.15, -0.1) is 0 Å². The monoisotopic (exact) mass is 326 g/mol. The summed E-state index contributed by atoms with van der Waals surface area (Å²) in [4.78, 5) is 1.68. The van der Waals surface area contributed by atoms with E-state index in [0.717, 1.165) is 41.0 Å². The highest BCUT2D eigenvalue weighted by Gasteiger charge is 2.18. The summed E-state index contributed by atoms with van der Waals surface area (Å²) < 4.78 is 11.4. The molecule has 0 aromatic heterocycles. The van der Waals surface area contributed by atoms with Crippen LogP contribution in [0.25, 0.3) is 0 Å². The van der Waals surface area contributed by atoms with Gasteiger partial charge in [-0.1, -0.05) is 18.5 Å². The first-order valence-electron chi connectivity index (χ1n) is 8.37. The summed E-state index contributed by atoms with van der Waals surface area (Å²) in [5, 5.41) is 0.822. The summed E-state index contributed by atoms with van der Waals surface area (Å²) in [6.07, 6.45) is 2.71. The van der Waals surface area contributed by atoms with E-state index in [1.165, 1.54) is 25.9 Å². The number of rotatable bonds is 7. The van der Waals surface area contributed by atoms with Crippen molar-refractivity contribution in [1.29, 1.82) is 0 Å². The Balaban J connectivity index is 1.58. The van der Waals surface area contributed by atoms with Crippen molar-refractivity contribution >= 4 is 11.6 Å². The summed E-state index contributed by atoms with van der Waals surface area (Å²) in [5.74, 6) is 1.78. The van der Waals surface area contributed by atoms with Crippen LogP contribution in [0.15, 0.2) is 12.1 Å². The molecule has 0 bridgehead atoms. The first-order chi connectivity index (χ1) is 10.6. The Kier molecular flexibility index (Phi) is 7.00. The van der Waals surface area contributed by atoms with Gasteiger partial charge in [0.15, 0.2) is 0 Å². The van der Waals surface area contributed by atoms with Gasteiger partial charge in [-0.05, 0) is 55.9 Å². The molecule has 1 aromatic carbocycles. The molecule has 0 aliphatic carbocycles. The van der Waals surface area contributed by atoms with Crippen molar-refractivity contribution in [2.45, 2.75) is 33.6 Å². The quantitative estimate of drug-likeness (QED) is 0.779. The molecule has 124 valence electrons. The second kappa shape index (κ2) is 8.76. The number of ether oxygens (including phenoxy) is 2. The van der Waals surface area contributed by atoms with Crippen molar-refractivity contribution in [2.24, 2.45) is 5.92 Å². The van der Waals surface area contributed by atoms with Crippen LogP contribution in [0.3, 0.4) is 0 Å². The van der Waals surface area contributed by atoms with E-state index in [2.05, 4.69) is 6.92 Å². The van der Waals surface area contributed by atoms with Crippen molar-refractivity contribution in [1.82, 2.24) is 0 Å². The molecule has 0 saturated carbocycles. The largest absolute Gasteiger partial charge is 0.491 e. The van der Waals surface area contributed by atoms with Crippen LogP contribution in [0.2, 0.25) is 5.02 Å². The highest BCUT2D eigenvalue weighted by Crippen LogP contribution is 2.25. The summed E-state index contributed by atoms with van der Waals surface area (Å²) in [6.45, 7) is 12.1. The summed E-state index contributed by atoms with van der Waals surface area (Å²) in [6, 6.07) is 3.96. The van der Waals surface area contributed by atoms with Crippen LogP contribution in [-0.2, 0) is 4.74 Å². The van der Waals surface area contributed by atoms with Gasteiger partial charge < -0.3 is 14.4 Å². The molecule has 4 heteroatoms. The zero-order valence-electron chi connectivity index (χ0n) is 14.1. The number of hydrogen-bond donors (Lipinski definition) is 1. The predicted octanol–water partition coefficient (Wildman–Crippen LogP) is 2.67. The van der Waals surface area contributed by atoms with Crippen molar-refractivity contribution in [3.63, 3.8) is 0 Å². The van der Waals surface area contributed by atoms with E-state index in [1.807, 2.05) is 26.0 Å². The molecular formula is C18H29ClNO2+. The van der Waals surface area contributed by atoms with E-state index in [4.69, 9.17) is 21.1 Å². The third-order valence-corrected chi connectivity index (χ3v) is 5.08. The first kappa shape index (κ1) is 17.6. The molecule has 0 radical (unpaired) electrons. The number of aryl methyl sites for hydroxylation is 2. The Morgan fingerprint density at radius 2 is 1.73 bits per heavy atom. The smallest absolute Gasteiger partial charge is 0.120 e. The zero-order chi connectivity index (χ0) is 15.9. The van der Waals surface area contributed by atoms with Crippen LogP contribution in [0, 0.1) is 19.8 Å². The molecule has 3 nitrogen and oxygen atoms in total. The fourth-order valence-corrected chi connectivity index (χ4v) is 3.06. The molecule has 1 fully saturated rings. The zero-order valence-corrected chi connectivity index (χ0v) is 14.8. The molecule has 0 atom stereocenters. The van der Waals surface area contributed by atoms with E-state index in [9.17, 15) is 0 Å². The van der Waals surface area contributed by atoms with Crippen molar-refractivity contribution in [3.05, 3.63) is 28.3 Å². The van der Waals surface area contributed by atoms with Gasteiger partial charge in [0.25, 0.3) is 0 Å². The van der Waals surface area contributed by atoms with E-state index in [1.54, 1.807) is 4.90 Å². The van der Waals surface area contributed by atoms with Crippen molar-refractivity contribution < 1.29 is 14.4 Å². The highest BCUT2D eigenvalue weighted by atomic mass is 35.5. The van der Waals surface area contributed by atoms with E-state index >= 15 is 0 Å². The van der Waals surface area contributed by atoms with Gasteiger partial charge in [-0.3, -0.25) is 0 Å². The lowest BCUT2D eigenvalue weighted by Crippen LogP contribution is -3.13. The summed E-state index contributed by atoms with van der Waals surface area (Å²) in [7, 11) is 0. The van der Waals surface area contributed by atoms with Gasteiger partial charge >= 0.3 is 0 Å². The summed E-state index contributed by atoms with van der Waals surface area (Å²) >= 11 is 6.15. The maximum Gasteiger partial charge on any atom is 0.120 e. The van der Waals surface area contributed by atoms with Gasteiger partial charge in [0.1, 0.15) is 18.9 Å². The summed E-state index contributed by atoms with van der Waals surface area (Å²) in [5.41, 5.74) is 2.11. The molecule has 2 rings (SSSR count). The van der Waals surface area contributed by atoms with Crippen LogP contribution in [0.1, 0.15) is 30.9 Å². The number of benzene rings is 1. The molecule has 1 N–H and O–H groups in total. The average molecular weight is 327 g/mol. The molecular weight excluding hydrogens is 298 g/mol. The Morgan fingerprint density at radius 1 is 1.09 bits per heavy atom. The Labute approximate surface area is 139 Å². The van der Waals surface area contributed by atoms with Gasteiger partial charge in [-0.25, -0.2) is 0 Å². The number of nitrogens with one attached hydrogen (secondary N) is 1. The lowest BCUT2D eigenvalue weighted by molar-refractivity contribution is -0.906. The van der Waals surface area contributed by atoms with Crippen LogP contribution >= 0.6 is 11.6 Å². The number of piperidine rings is 1. The number of hydrogen-bond acceptors (Lipinski definition) is 2. The Hall–Kier alpha value is -0.770. The number of likely N-dealkylation sites (tertiary alicyclic amines) is 1. The molecule has 1 saturated heterocycles. The molecule has 0 unspecified atom stereocenters. The maximum absolute atomic E-state index is 6.15. The second-order valence-electron chi connectivity index (χ2n) is 6.51. The minimum Gasteiger partial charge on any atom is -0.491 e. The first-order valence-corrected chi connectivity index (χ1v) is 8.75. The van der Waals surface area contributed by atoms with Gasteiger partial charge in [-0.2, -0.15) is 0 Å². The molecule has 1 aromatic rings. The van der Waals surface area contributed by atoms with Crippen molar-refractivity contribution in [2.75, 3.05) is 39.5 Å². The molecule has 0 spiro atoms. The van der Waals surface area contributed by atoms with Crippen LogP contribution in [-0.4, -0.2) is 39.5 Å². The SMILES string of the molecule is Cc1cc(OCCOCC[NH+]2CCC(C)CC2)cc(C)c1Cl. The third kappa shape index (κ3) is 5.45. The Morgan fingerprint density at radius 3 is 2.36 bits per heavy atom. The standard InChI is InChI=1S/C18H28ClNO2/c1-14-4-6-20(7-5-14)8-9-21-10-11-22-17-12-15(2)18(19)16(3)13-17/h12-14H,4-11H2,1-3H3/p+1. The molecule has 1 heterocycles. The van der Waals surface area contributed by atoms with Gasteiger partial charge in [0, 0.05) is 5.02 Å². The Bertz CT molecular complexity index is 447. The minimum atomic E-state index is 0.590.